The minimum absolute atomic E-state index is 0.0255. The van der Waals surface area contributed by atoms with Gasteiger partial charge in [-0.1, -0.05) is 13.8 Å². The molecular weight excluding hydrogens is 316 g/mol. The Bertz CT molecular complexity index is 581. The van der Waals surface area contributed by atoms with Crippen LogP contribution in [-0.4, -0.2) is 73.6 Å². The minimum Gasteiger partial charge on any atom is -0.395 e. The van der Waals surface area contributed by atoms with E-state index in [1.165, 1.54) is 0 Å². The van der Waals surface area contributed by atoms with Gasteiger partial charge in [-0.3, -0.25) is 9.69 Å². The second kappa shape index (κ2) is 5.79. The third kappa shape index (κ3) is 2.65. The molecule has 132 valence electrons. The molecule has 7 heteroatoms. The summed E-state index contributed by atoms with van der Waals surface area (Å²) in [6, 6.07) is 0. The molecule has 0 aromatic rings. The van der Waals surface area contributed by atoms with E-state index in [1.54, 1.807) is 4.31 Å². The van der Waals surface area contributed by atoms with Crippen LogP contribution in [0.4, 0.5) is 0 Å². The highest BCUT2D eigenvalue weighted by Crippen LogP contribution is 2.64. The van der Waals surface area contributed by atoms with Crippen molar-refractivity contribution in [3.63, 3.8) is 0 Å². The second-order valence-corrected chi connectivity index (χ2v) is 9.86. The summed E-state index contributed by atoms with van der Waals surface area (Å²) in [5.41, 5.74) is -0.894. The van der Waals surface area contributed by atoms with E-state index in [1.807, 2.05) is 0 Å². The summed E-state index contributed by atoms with van der Waals surface area (Å²) < 4.78 is 27.4. The molecule has 1 N–H and O–H groups in total. The number of nitrogens with zero attached hydrogens (tertiary/aromatic N) is 2. The largest absolute Gasteiger partial charge is 0.395 e. The van der Waals surface area contributed by atoms with Crippen LogP contribution >= 0.6 is 0 Å². The van der Waals surface area contributed by atoms with Gasteiger partial charge in [-0.05, 0) is 24.2 Å². The zero-order chi connectivity index (χ0) is 16.9. The van der Waals surface area contributed by atoms with E-state index in [0.29, 0.717) is 51.5 Å². The Labute approximate surface area is 138 Å². The Kier molecular flexibility index (Phi) is 4.36. The predicted molar refractivity (Wildman–Crippen MR) is 87.4 cm³/mol. The Morgan fingerprint density at radius 3 is 2.35 bits per heavy atom. The molecule has 2 aliphatic carbocycles. The Balaban J connectivity index is 1.73. The Hall–Kier alpha value is -0.500. The van der Waals surface area contributed by atoms with Gasteiger partial charge in [0, 0.05) is 44.6 Å². The lowest BCUT2D eigenvalue weighted by molar-refractivity contribution is -0.128. The molecular formula is C16H28N2O4S. The molecule has 0 spiro atoms. The summed E-state index contributed by atoms with van der Waals surface area (Å²) in [6.45, 7) is 7.03. The molecule has 3 rings (SSSR count). The number of piperazine rings is 1. The maximum Gasteiger partial charge on any atom is 0.215 e. The predicted octanol–water partition coefficient (Wildman–Crippen LogP) is 0.322. The van der Waals surface area contributed by atoms with Gasteiger partial charge in [0.1, 0.15) is 5.78 Å². The molecule has 2 saturated carbocycles. The molecule has 2 atom stereocenters. The first-order valence-corrected chi connectivity index (χ1v) is 10.2. The fraction of sp³-hybridized carbons (Fsp3) is 0.938. The highest BCUT2D eigenvalue weighted by molar-refractivity contribution is 7.89. The number of carbonyl (C=O) groups is 1. The molecule has 1 aliphatic heterocycles. The maximum atomic E-state index is 12.9. The van der Waals surface area contributed by atoms with Crippen LogP contribution in [0.1, 0.15) is 33.1 Å². The number of hydrogen-bond donors (Lipinski definition) is 1. The van der Waals surface area contributed by atoms with Crippen LogP contribution in [0.3, 0.4) is 0 Å². The first-order chi connectivity index (χ1) is 10.7. The van der Waals surface area contributed by atoms with E-state index in [0.717, 1.165) is 6.42 Å². The van der Waals surface area contributed by atoms with Crippen molar-refractivity contribution in [2.45, 2.75) is 33.1 Å². The monoisotopic (exact) mass is 344 g/mol. The van der Waals surface area contributed by atoms with E-state index < -0.39 is 15.4 Å². The molecule has 2 bridgehead atoms. The summed E-state index contributed by atoms with van der Waals surface area (Å²) in [6.07, 6.45) is 2.23. The molecule has 0 unspecified atom stereocenters. The van der Waals surface area contributed by atoms with Crippen LogP contribution in [0.25, 0.3) is 0 Å². The van der Waals surface area contributed by atoms with Crippen molar-refractivity contribution in [3.05, 3.63) is 0 Å². The molecule has 6 nitrogen and oxygen atoms in total. The van der Waals surface area contributed by atoms with Crippen LogP contribution < -0.4 is 0 Å². The van der Waals surface area contributed by atoms with Gasteiger partial charge in [-0.15, -0.1) is 0 Å². The van der Waals surface area contributed by atoms with E-state index in [2.05, 4.69) is 18.7 Å². The lowest BCUT2D eigenvalue weighted by Gasteiger charge is -2.39. The topological polar surface area (TPSA) is 77.9 Å². The molecule has 1 heterocycles. The van der Waals surface area contributed by atoms with Crippen molar-refractivity contribution in [2.75, 3.05) is 45.1 Å². The molecule has 1 saturated heterocycles. The molecule has 23 heavy (non-hydrogen) atoms. The third-order valence-electron chi connectivity index (χ3n) is 6.71. The number of β-amino-alcohol motifs (C(OH)–C–C–N with tert-alkyl or cyclic N) is 1. The van der Waals surface area contributed by atoms with Gasteiger partial charge in [0.25, 0.3) is 0 Å². The van der Waals surface area contributed by atoms with E-state index >= 15 is 0 Å². The summed E-state index contributed by atoms with van der Waals surface area (Å²) in [7, 11) is -3.43. The minimum atomic E-state index is -3.43. The van der Waals surface area contributed by atoms with Crippen LogP contribution in [-0.2, 0) is 14.8 Å². The first-order valence-electron chi connectivity index (χ1n) is 8.57. The zero-order valence-electron chi connectivity index (χ0n) is 14.1. The van der Waals surface area contributed by atoms with E-state index in [9.17, 15) is 13.2 Å². The van der Waals surface area contributed by atoms with Crippen molar-refractivity contribution in [1.29, 1.82) is 0 Å². The Morgan fingerprint density at radius 1 is 1.22 bits per heavy atom. The van der Waals surface area contributed by atoms with Gasteiger partial charge in [0.15, 0.2) is 0 Å². The number of ketones is 1. The van der Waals surface area contributed by atoms with Crippen molar-refractivity contribution >= 4 is 15.8 Å². The number of aliphatic hydroxyl groups is 1. The highest BCUT2D eigenvalue weighted by Gasteiger charge is 2.65. The van der Waals surface area contributed by atoms with Crippen LogP contribution in [0.15, 0.2) is 0 Å². The van der Waals surface area contributed by atoms with E-state index in [-0.39, 0.29) is 23.6 Å². The summed E-state index contributed by atoms with van der Waals surface area (Å²) in [4.78, 5) is 14.6. The van der Waals surface area contributed by atoms with Gasteiger partial charge in [0.05, 0.1) is 12.4 Å². The van der Waals surface area contributed by atoms with Crippen LogP contribution in [0.5, 0.6) is 0 Å². The van der Waals surface area contributed by atoms with Gasteiger partial charge in [0.2, 0.25) is 10.0 Å². The lowest BCUT2D eigenvalue weighted by Crippen LogP contribution is -2.53. The number of hydrogen-bond acceptors (Lipinski definition) is 5. The number of sulfonamides is 1. The SMILES string of the molecule is CC1(C)[C@H]2CC[C@@]1(CS(=O)(=O)N1CCN(CCO)CC1)C(=O)C2. The second-order valence-electron chi connectivity index (χ2n) is 7.89. The average Bonchev–Trinajstić information content (AvgIpc) is 2.82. The van der Waals surface area contributed by atoms with Crippen molar-refractivity contribution in [1.82, 2.24) is 9.21 Å². The average molecular weight is 344 g/mol. The normalized spacial score (nSPS) is 35.1. The fourth-order valence-electron chi connectivity index (χ4n) is 4.88. The molecule has 3 aliphatic rings. The standard InChI is InChI=1S/C16H28N2O4S/c1-15(2)13-3-4-16(15,14(20)11-13)12-23(21,22)18-7-5-17(6-8-18)9-10-19/h13,19H,3-12H2,1-2H3/t13-,16+/m0/s1. The third-order valence-corrected chi connectivity index (χ3v) is 8.72. The maximum absolute atomic E-state index is 12.9. The number of carbonyl (C=O) groups excluding carboxylic acids is 1. The van der Waals surface area contributed by atoms with Gasteiger partial charge in [-0.25, -0.2) is 8.42 Å². The molecule has 0 aromatic heterocycles. The Morgan fingerprint density at radius 2 is 1.87 bits per heavy atom. The zero-order valence-corrected chi connectivity index (χ0v) is 14.9. The number of fused-ring (bicyclic) bond motifs is 2. The van der Waals surface area contributed by atoms with Crippen LogP contribution in [0, 0.1) is 16.7 Å². The number of Topliss-reactive ketones (excluding diaryl/α,β-unsaturated/α-hetero) is 1. The quantitative estimate of drug-likeness (QED) is 0.777. The molecule has 0 radical (unpaired) electrons. The summed E-state index contributed by atoms with van der Waals surface area (Å²) >= 11 is 0. The lowest BCUT2D eigenvalue weighted by atomic mass is 9.70. The van der Waals surface area contributed by atoms with Crippen molar-refractivity contribution in [2.24, 2.45) is 16.7 Å². The van der Waals surface area contributed by atoms with Gasteiger partial charge >= 0.3 is 0 Å². The number of aliphatic hydroxyl groups excluding tert-OH is 1. The smallest absolute Gasteiger partial charge is 0.215 e. The number of rotatable bonds is 5. The first kappa shape index (κ1) is 17.3. The van der Waals surface area contributed by atoms with Crippen molar-refractivity contribution < 1.29 is 18.3 Å². The fourth-order valence-corrected chi connectivity index (χ4v) is 7.09. The molecule has 3 fully saturated rings. The summed E-state index contributed by atoms with van der Waals surface area (Å²) in [5, 5.41) is 8.98. The van der Waals surface area contributed by atoms with Gasteiger partial charge in [-0.2, -0.15) is 4.31 Å². The summed E-state index contributed by atoms with van der Waals surface area (Å²) in [5.74, 6) is 0.468. The molecule has 0 aromatic carbocycles. The highest BCUT2D eigenvalue weighted by atomic mass is 32.2. The molecule has 0 amide bonds. The van der Waals surface area contributed by atoms with Crippen molar-refractivity contribution in [3.8, 4) is 0 Å². The van der Waals surface area contributed by atoms with Gasteiger partial charge < -0.3 is 5.11 Å². The van der Waals surface area contributed by atoms with Crippen LogP contribution in [0.2, 0.25) is 0 Å². The van der Waals surface area contributed by atoms with E-state index in [4.69, 9.17) is 5.11 Å².